The molecule has 82 valence electrons. The molecule has 1 saturated heterocycles. The Balaban J connectivity index is 2.10. The second-order valence-electron chi connectivity index (χ2n) is 3.78. The van der Waals surface area contributed by atoms with Crippen LogP contribution in [0.2, 0.25) is 0 Å². The lowest BCUT2D eigenvalue weighted by Gasteiger charge is -2.19. The largest absolute Gasteiger partial charge is 0.511 e. The fraction of sp³-hybridized carbons (Fsp3) is 0.600. The van der Waals surface area contributed by atoms with Gasteiger partial charge in [-0.3, -0.25) is 0 Å². The molecule has 0 bridgehead atoms. The minimum Gasteiger partial charge on any atom is -0.405 e. The van der Waals surface area contributed by atoms with Gasteiger partial charge in [0.25, 0.3) is 0 Å². The van der Waals surface area contributed by atoms with Crippen molar-refractivity contribution in [2.75, 3.05) is 26.3 Å². The highest BCUT2D eigenvalue weighted by molar-refractivity contribution is 6.60. The number of hydrogen-bond acceptors (Lipinski definition) is 3. The molecular formula is C10H17BN2O2. The molecule has 4 nitrogen and oxygen atoms in total. The van der Waals surface area contributed by atoms with E-state index >= 15 is 0 Å². The van der Waals surface area contributed by atoms with Crippen LogP contribution in [0.1, 0.15) is 5.69 Å². The molecule has 0 spiro atoms. The molecule has 1 aromatic rings. The van der Waals surface area contributed by atoms with Gasteiger partial charge in [-0.1, -0.05) is 0 Å². The zero-order chi connectivity index (χ0) is 10.7. The van der Waals surface area contributed by atoms with Gasteiger partial charge >= 0.3 is 7.12 Å². The van der Waals surface area contributed by atoms with Crippen molar-refractivity contribution in [2.45, 2.75) is 6.92 Å². The van der Waals surface area contributed by atoms with Crippen molar-refractivity contribution in [1.82, 2.24) is 9.88 Å². The molecule has 15 heavy (non-hydrogen) atoms. The molecule has 0 amide bonds. The molecule has 2 heterocycles. The minimum atomic E-state index is -0.217. The highest BCUT2D eigenvalue weighted by Gasteiger charge is 2.25. The standard InChI is InChI=1S/C10H17BN2O2/c1-9-3-4-10(13(9)2)11-14-7-5-12-6-8-15-11/h3-4,12H,5-8H2,1-2H3. The van der Waals surface area contributed by atoms with Gasteiger partial charge in [-0.05, 0) is 19.1 Å². The number of rotatable bonds is 1. The van der Waals surface area contributed by atoms with E-state index in [9.17, 15) is 0 Å². The second kappa shape index (κ2) is 4.83. The van der Waals surface area contributed by atoms with Gasteiger partial charge in [0.05, 0.1) is 0 Å². The predicted octanol–water partition coefficient (Wildman–Crippen LogP) is -0.335. The summed E-state index contributed by atoms with van der Waals surface area (Å²) in [4.78, 5) is 0. The van der Waals surface area contributed by atoms with Crippen LogP contribution in [-0.2, 0) is 16.4 Å². The molecule has 1 aliphatic rings. The maximum absolute atomic E-state index is 5.66. The summed E-state index contributed by atoms with van der Waals surface area (Å²) in [6.07, 6.45) is 0. The van der Waals surface area contributed by atoms with Crippen molar-refractivity contribution in [2.24, 2.45) is 7.05 Å². The summed E-state index contributed by atoms with van der Waals surface area (Å²) in [5.74, 6) is 0. The number of aromatic nitrogens is 1. The van der Waals surface area contributed by atoms with Gasteiger partial charge in [-0.2, -0.15) is 0 Å². The van der Waals surface area contributed by atoms with Crippen LogP contribution in [0.15, 0.2) is 12.1 Å². The Labute approximate surface area is 90.7 Å². The molecule has 2 rings (SSSR count). The van der Waals surface area contributed by atoms with Crippen LogP contribution in [0.25, 0.3) is 0 Å². The van der Waals surface area contributed by atoms with Gasteiger partial charge in [0, 0.05) is 44.6 Å². The summed E-state index contributed by atoms with van der Waals surface area (Å²) in [7, 11) is 1.82. The number of hydrogen-bond donors (Lipinski definition) is 1. The normalized spacial score (nSPS) is 18.7. The van der Waals surface area contributed by atoms with Gasteiger partial charge in [0.1, 0.15) is 0 Å². The van der Waals surface area contributed by atoms with E-state index in [0.717, 1.165) is 18.7 Å². The number of nitrogens with one attached hydrogen (secondary N) is 1. The zero-order valence-corrected chi connectivity index (χ0v) is 9.32. The molecule has 0 radical (unpaired) electrons. The van der Waals surface area contributed by atoms with E-state index in [1.165, 1.54) is 5.69 Å². The first kappa shape index (κ1) is 10.7. The summed E-state index contributed by atoms with van der Waals surface area (Å²) >= 11 is 0. The Kier molecular flexibility index (Phi) is 3.46. The Morgan fingerprint density at radius 3 is 2.47 bits per heavy atom. The van der Waals surface area contributed by atoms with Gasteiger partial charge < -0.3 is 19.2 Å². The van der Waals surface area contributed by atoms with E-state index in [4.69, 9.17) is 9.31 Å². The molecule has 1 N–H and O–H groups in total. The average molecular weight is 208 g/mol. The molecule has 0 atom stereocenters. The molecular weight excluding hydrogens is 191 g/mol. The Morgan fingerprint density at radius 1 is 1.27 bits per heavy atom. The van der Waals surface area contributed by atoms with E-state index in [2.05, 4.69) is 28.9 Å². The topological polar surface area (TPSA) is 35.4 Å². The average Bonchev–Trinajstić information content (AvgIpc) is 2.48. The van der Waals surface area contributed by atoms with E-state index in [-0.39, 0.29) is 7.12 Å². The van der Waals surface area contributed by atoms with Crippen molar-refractivity contribution in [1.29, 1.82) is 0 Å². The van der Waals surface area contributed by atoms with E-state index < -0.39 is 0 Å². The molecule has 1 aromatic heterocycles. The molecule has 0 saturated carbocycles. The highest BCUT2D eigenvalue weighted by atomic mass is 16.6. The van der Waals surface area contributed by atoms with E-state index in [1.54, 1.807) is 0 Å². The first-order valence-corrected chi connectivity index (χ1v) is 5.35. The Bertz CT molecular complexity index is 319. The van der Waals surface area contributed by atoms with Gasteiger partial charge in [-0.15, -0.1) is 0 Å². The van der Waals surface area contributed by atoms with E-state index in [0.29, 0.717) is 13.2 Å². The van der Waals surface area contributed by atoms with Crippen molar-refractivity contribution in [3.05, 3.63) is 17.8 Å². The van der Waals surface area contributed by atoms with Gasteiger partial charge in [0.15, 0.2) is 0 Å². The van der Waals surface area contributed by atoms with Crippen LogP contribution >= 0.6 is 0 Å². The summed E-state index contributed by atoms with van der Waals surface area (Å²) in [5.41, 5.74) is 2.31. The van der Waals surface area contributed by atoms with Crippen molar-refractivity contribution in [3.8, 4) is 0 Å². The lowest BCUT2D eigenvalue weighted by molar-refractivity contribution is 0.186. The maximum atomic E-state index is 5.66. The maximum Gasteiger partial charge on any atom is 0.511 e. The zero-order valence-electron chi connectivity index (χ0n) is 9.32. The van der Waals surface area contributed by atoms with Crippen LogP contribution in [0, 0.1) is 6.92 Å². The second-order valence-corrected chi connectivity index (χ2v) is 3.78. The van der Waals surface area contributed by atoms with Crippen LogP contribution in [-0.4, -0.2) is 38.0 Å². The fourth-order valence-electron chi connectivity index (χ4n) is 1.69. The molecule has 0 unspecified atom stereocenters. The van der Waals surface area contributed by atoms with Crippen LogP contribution in [0.4, 0.5) is 0 Å². The molecule has 1 fully saturated rings. The lowest BCUT2D eigenvalue weighted by atomic mass is 9.84. The first-order valence-electron chi connectivity index (χ1n) is 5.35. The molecule has 1 aliphatic heterocycles. The first-order chi connectivity index (χ1) is 7.29. The third kappa shape index (κ3) is 2.42. The molecule has 0 aromatic carbocycles. The molecule has 0 aliphatic carbocycles. The smallest absolute Gasteiger partial charge is 0.405 e. The number of nitrogens with zero attached hydrogens (tertiary/aromatic N) is 1. The third-order valence-corrected chi connectivity index (χ3v) is 2.75. The van der Waals surface area contributed by atoms with Crippen LogP contribution < -0.4 is 10.9 Å². The van der Waals surface area contributed by atoms with Gasteiger partial charge in [-0.25, -0.2) is 0 Å². The third-order valence-electron chi connectivity index (χ3n) is 2.75. The SMILES string of the molecule is Cc1ccc(B2OCCNCCO2)n1C. The van der Waals surface area contributed by atoms with Crippen molar-refractivity contribution >= 4 is 12.7 Å². The quantitative estimate of drug-likeness (QED) is 0.641. The highest BCUT2D eigenvalue weighted by Crippen LogP contribution is 2.00. The van der Waals surface area contributed by atoms with Crippen molar-refractivity contribution in [3.63, 3.8) is 0 Å². The summed E-state index contributed by atoms with van der Waals surface area (Å²) < 4.78 is 13.4. The van der Waals surface area contributed by atoms with Crippen LogP contribution in [0.5, 0.6) is 0 Å². The summed E-state index contributed by atoms with van der Waals surface area (Å²) in [6, 6.07) is 4.15. The molecule has 5 heteroatoms. The Morgan fingerprint density at radius 2 is 1.93 bits per heavy atom. The monoisotopic (exact) mass is 208 g/mol. The van der Waals surface area contributed by atoms with Crippen LogP contribution in [0.3, 0.4) is 0 Å². The summed E-state index contributed by atoms with van der Waals surface area (Å²) in [5, 5.41) is 3.22. The fourth-order valence-corrected chi connectivity index (χ4v) is 1.69. The Hall–Kier alpha value is -0.775. The lowest BCUT2D eigenvalue weighted by Crippen LogP contribution is -2.45. The number of aryl methyl sites for hydroxylation is 1. The van der Waals surface area contributed by atoms with Crippen molar-refractivity contribution < 1.29 is 9.31 Å². The van der Waals surface area contributed by atoms with Gasteiger partial charge in [0.2, 0.25) is 0 Å². The summed E-state index contributed by atoms with van der Waals surface area (Å²) in [6.45, 7) is 5.24. The minimum absolute atomic E-state index is 0.217. The predicted molar refractivity (Wildman–Crippen MR) is 60.3 cm³/mol. The van der Waals surface area contributed by atoms with E-state index in [1.807, 2.05) is 7.05 Å².